The number of anilines is 1. The molecule has 3 aromatic rings. The quantitative estimate of drug-likeness (QED) is 0.417. The largest absolute Gasteiger partial charge is 0.468 e. The predicted molar refractivity (Wildman–Crippen MR) is 117 cm³/mol. The van der Waals surface area contributed by atoms with Gasteiger partial charge in [0.1, 0.15) is 6.54 Å². The number of methoxy groups -OCH3 is 1. The Hall–Kier alpha value is -3.78. The van der Waals surface area contributed by atoms with Crippen LogP contribution >= 0.6 is 11.3 Å². The lowest BCUT2D eigenvalue weighted by molar-refractivity contribution is -0.141. The molecule has 2 aromatic carbocycles. The molecule has 2 N–H and O–H groups in total. The van der Waals surface area contributed by atoms with Gasteiger partial charge in [0.05, 0.1) is 24.0 Å². The number of esters is 1. The molecule has 0 aliphatic heterocycles. The first-order valence-electron chi connectivity index (χ1n) is 9.39. The van der Waals surface area contributed by atoms with Crippen molar-refractivity contribution in [2.45, 2.75) is 6.42 Å². The van der Waals surface area contributed by atoms with Crippen LogP contribution in [0.5, 0.6) is 0 Å². The Balaban J connectivity index is 1.65. The van der Waals surface area contributed by atoms with Crippen molar-refractivity contribution in [3.05, 3.63) is 87.6 Å². The maximum Gasteiger partial charge on any atom is 0.325 e. The van der Waals surface area contributed by atoms with Gasteiger partial charge in [0, 0.05) is 11.3 Å². The summed E-state index contributed by atoms with van der Waals surface area (Å²) in [6.07, 6.45) is 0.0867. The first kappa shape index (κ1) is 21.9. The molecule has 0 fully saturated rings. The summed E-state index contributed by atoms with van der Waals surface area (Å²) < 4.78 is 4.47. The normalized spacial score (nSPS) is 10.2. The number of hydrogen-bond donors (Lipinski definition) is 2. The maximum atomic E-state index is 12.8. The molecule has 0 radical (unpaired) electrons. The smallest absolute Gasteiger partial charge is 0.325 e. The van der Waals surface area contributed by atoms with Crippen LogP contribution in [0.3, 0.4) is 0 Å². The molecular weight excluding hydrogens is 416 g/mol. The molecule has 0 saturated heterocycles. The van der Waals surface area contributed by atoms with Crippen molar-refractivity contribution in [3.8, 4) is 0 Å². The van der Waals surface area contributed by atoms with E-state index in [4.69, 9.17) is 0 Å². The van der Waals surface area contributed by atoms with Crippen molar-refractivity contribution < 1.29 is 23.9 Å². The number of carbonyl (C=O) groups excluding carboxylic acids is 4. The number of thiophene rings is 1. The fourth-order valence-electron chi connectivity index (χ4n) is 2.81. The zero-order valence-electron chi connectivity index (χ0n) is 16.7. The molecule has 0 atom stereocenters. The summed E-state index contributed by atoms with van der Waals surface area (Å²) in [4.78, 5) is 49.0. The molecule has 8 heteroatoms. The molecule has 1 aromatic heterocycles. The van der Waals surface area contributed by atoms with E-state index in [-0.39, 0.29) is 30.2 Å². The first-order valence-corrected chi connectivity index (χ1v) is 10.3. The number of rotatable bonds is 8. The van der Waals surface area contributed by atoms with Crippen LogP contribution in [0.4, 0.5) is 5.69 Å². The van der Waals surface area contributed by atoms with Gasteiger partial charge in [-0.05, 0) is 35.2 Å². The third kappa shape index (κ3) is 5.86. The van der Waals surface area contributed by atoms with Gasteiger partial charge in [0.15, 0.2) is 0 Å². The van der Waals surface area contributed by atoms with E-state index >= 15 is 0 Å². The third-order valence-corrected chi connectivity index (χ3v) is 5.26. The zero-order chi connectivity index (χ0) is 22.2. The van der Waals surface area contributed by atoms with Crippen LogP contribution in [0.1, 0.15) is 31.2 Å². The van der Waals surface area contributed by atoms with E-state index in [0.29, 0.717) is 21.7 Å². The molecule has 0 bridgehead atoms. The van der Waals surface area contributed by atoms with Crippen molar-refractivity contribution >= 4 is 40.6 Å². The lowest BCUT2D eigenvalue weighted by Crippen LogP contribution is -2.31. The fraction of sp³-hybridized carbons (Fsp3) is 0.130. The molecular formula is C23H20N2O5S. The monoisotopic (exact) mass is 436 g/mol. The third-order valence-electron chi connectivity index (χ3n) is 4.40. The summed E-state index contributed by atoms with van der Waals surface area (Å²) in [5.41, 5.74) is 1.87. The molecule has 0 spiro atoms. The number of carbonyl (C=O) groups is 4. The highest BCUT2D eigenvalue weighted by molar-refractivity contribution is 7.12. The van der Waals surface area contributed by atoms with E-state index in [0.717, 1.165) is 0 Å². The summed E-state index contributed by atoms with van der Waals surface area (Å²) in [7, 11) is 1.25. The van der Waals surface area contributed by atoms with Gasteiger partial charge in [-0.15, -0.1) is 11.3 Å². The highest BCUT2D eigenvalue weighted by Crippen LogP contribution is 2.20. The minimum absolute atomic E-state index is 0.0867. The average Bonchev–Trinajstić information content (AvgIpc) is 3.33. The summed E-state index contributed by atoms with van der Waals surface area (Å²) in [5, 5.41) is 7.05. The van der Waals surface area contributed by atoms with Gasteiger partial charge in [-0.3, -0.25) is 19.2 Å². The van der Waals surface area contributed by atoms with Gasteiger partial charge in [-0.25, -0.2) is 0 Å². The van der Waals surface area contributed by atoms with Crippen LogP contribution in [-0.4, -0.2) is 37.2 Å². The highest BCUT2D eigenvalue weighted by Gasteiger charge is 2.18. The molecule has 158 valence electrons. The molecule has 0 saturated carbocycles. The topological polar surface area (TPSA) is 102 Å². The summed E-state index contributed by atoms with van der Waals surface area (Å²) in [6, 6.07) is 16.9. The van der Waals surface area contributed by atoms with Crippen molar-refractivity contribution in [2.24, 2.45) is 0 Å². The summed E-state index contributed by atoms with van der Waals surface area (Å²) in [5.74, 6) is -1.44. The van der Waals surface area contributed by atoms with Gasteiger partial charge in [-0.2, -0.15) is 0 Å². The van der Waals surface area contributed by atoms with Gasteiger partial charge in [-0.1, -0.05) is 36.4 Å². The second kappa shape index (κ2) is 10.3. The Kier molecular flexibility index (Phi) is 7.29. The molecule has 1 heterocycles. The second-order valence-corrected chi connectivity index (χ2v) is 7.48. The predicted octanol–water partition coefficient (Wildman–Crippen LogP) is 3.06. The SMILES string of the molecule is COC(=O)CNC(=O)Cc1ccc(NC(=O)c2ccccc2C(=O)c2cccs2)cc1. The minimum atomic E-state index is -0.524. The van der Waals surface area contributed by atoms with Gasteiger partial charge < -0.3 is 15.4 Å². The summed E-state index contributed by atoms with van der Waals surface area (Å²) >= 11 is 1.32. The number of benzene rings is 2. The van der Waals surface area contributed by atoms with Crippen molar-refractivity contribution in [3.63, 3.8) is 0 Å². The Bertz CT molecular complexity index is 1090. The zero-order valence-corrected chi connectivity index (χ0v) is 17.5. The van der Waals surface area contributed by atoms with Crippen LogP contribution < -0.4 is 10.6 Å². The Morgan fingerprint density at radius 2 is 1.61 bits per heavy atom. The van der Waals surface area contributed by atoms with Crippen molar-refractivity contribution in [1.82, 2.24) is 5.32 Å². The molecule has 7 nitrogen and oxygen atoms in total. The van der Waals surface area contributed by atoms with Crippen LogP contribution in [0.2, 0.25) is 0 Å². The van der Waals surface area contributed by atoms with Crippen LogP contribution in [0.25, 0.3) is 0 Å². The summed E-state index contributed by atoms with van der Waals surface area (Å²) in [6.45, 7) is -0.187. The Morgan fingerprint density at radius 3 is 2.26 bits per heavy atom. The number of nitrogens with one attached hydrogen (secondary N) is 2. The second-order valence-electron chi connectivity index (χ2n) is 6.53. The molecule has 0 aliphatic carbocycles. The first-order chi connectivity index (χ1) is 15.0. The van der Waals surface area contributed by atoms with Gasteiger partial charge in [0.2, 0.25) is 11.7 Å². The number of hydrogen-bond acceptors (Lipinski definition) is 6. The maximum absolute atomic E-state index is 12.8. The van der Waals surface area contributed by atoms with E-state index in [1.54, 1.807) is 60.7 Å². The van der Waals surface area contributed by atoms with E-state index in [1.165, 1.54) is 18.4 Å². The van der Waals surface area contributed by atoms with Crippen LogP contribution in [0.15, 0.2) is 66.0 Å². The van der Waals surface area contributed by atoms with Gasteiger partial charge >= 0.3 is 5.97 Å². The van der Waals surface area contributed by atoms with E-state index in [1.807, 2.05) is 5.38 Å². The number of amides is 2. The van der Waals surface area contributed by atoms with Crippen molar-refractivity contribution in [2.75, 3.05) is 19.0 Å². The van der Waals surface area contributed by atoms with Crippen LogP contribution in [0, 0.1) is 0 Å². The highest BCUT2D eigenvalue weighted by atomic mass is 32.1. The van der Waals surface area contributed by atoms with E-state index in [2.05, 4.69) is 15.4 Å². The van der Waals surface area contributed by atoms with E-state index < -0.39 is 11.9 Å². The number of ether oxygens (including phenoxy) is 1. The van der Waals surface area contributed by atoms with E-state index in [9.17, 15) is 19.2 Å². The van der Waals surface area contributed by atoms with Crippen molar-refractivity contribution in [1.29, 1.82) is 0 Å². The number of ketones is 1. The molecule has 31 heavy (non-hydrogen) atoms. The molecule has 2 amide bonds. The average molecular weight is 436 g/mol. The molecule has 3 rings (SSSR count). The molecule has 0 unspecified atom stereocenters. The van der Waals surface area contributed by atoms with Crippen LogP contribution in [-0.2, 0) is 20.7 Å². The molecule has 0 aliphatic rings. The Labute approximate surface area is 183 Å². The standard InChI is InChI=1S/C23H20N2O5S/c1-30-21(27)14-24-20(26)13-15-8-10-16(11-9-15)25-23(29)18-6-3-2-5-17(18)22(28)19-7-4-12-31-19/h2-12H,13-14H2,1H3,(H,24,26)(H,25,29). The van der Waals surface area contributed by atoms with Gasteiger partial charge in [0.25, 0.3) is 5.91 Å². The Morgan fingerprint density at radius 1 is 0.903 bits per heavy atom. The minimum Gasteiger partial charge on any atom is -0.468 e. The lowest BCUT2D eigenvalue weighted by Gasteiger charge is -2.10. The lowest BCUT2D eigenvalue weighted by atomic mass is 10.0. The fourth-order valence-corrected chi connectivity index (χ4v) is 3.49.